The summed E-state index contributed by atoms with van der Waals surface area (Å²) in [5, 5.41) is 4.45. The van der Waals surface area contributed by atoms with E-state index in [1.807, 2.05) is 18.4 Å². The van der Waals surface area contributed by atoms with E-state index >= 15 is 0 Å². The minimum absolute atomic E-state index is 0.754. The number of hydrogen-bond acceptors (Lipinski definition) is 4. The van der Waals surface area contributed by atoms with Crippen molar-refractivity contribution in [2.24, 2.45) is 0 Å². The topological polar surface area (TPSA) is 28.2 Å². The molecule has 1 saturated carbocycles. The van der Waals surface area contributed by atoms with Gasteiger partial charge < -0.3 is 10.2 Å². The van der Waals surface area contributed by atoms with Gasteiger partial charge in [-0.05, 0) is 33.7 Å². The van der Waals surface area contributed by atoms with Crippen LogP contribution in [-0.2, 0) is 6.54 Å². The first-order valence-corrected chi connectivity index (χ1v) is 7.00. The highest BCUT2D eigenvalue weighted by molar-refractivity contribution is 7.15. The monoisotopic (exact) mass is 239 g/mol. The third-order valence-electron chi connectivity index (χ3n) is 3.05. The second-order valence-corrected chi connectivity index (χ2v) is 5.34. The molecular formula is C12H21N3S. The molecule has 0 spiro atoms. The molecule has 0 amide bonds. The first kappa shape index (κ1) is 11.9. The Hall–Kier alpha value is -0.610. The van der Waals surface area contributed by atoms with Crippen LogP contribution in [-0.4, -0.2) is 25.1 Å². The van der Waals surface area contributed by atoms with Gasteiger partial charge in [0.2, 0.25) is 0 Å². The van der Waals surface area contributed by atoms with Gasteiger partial charge in [-0.15, -0.1) is 11.3 Å². The molecule has 4 heteroatoms. The summed E-state index contributed by atoms with van der Waals surface area (Å²) in [6.45, 7) is 7.45. The Kier molecular flexibility index (Phi) is 3.82. The number of hydrogen-bond donors (Lipinski definition) is 1. The molecule has 0 unspecified atom stereocenters. The molecule has 3 nitrogen and oxygen atoms in total. The van der Waals surface area contributed by atoms with Crippen molar-refractivity contribution in [3.8, 4) is 0 Å². The molecule has 90 valence electrons. The Labute approximate surface area is 102 Å². The molecule has 0 atom stereocenters. The molecule has 1 fully saturated rings. The highest BCUT2D eigenvalue weighted by atomic mass is 32.1. The maximum absolute atomic E-state index is 4.84. The smallest absolute Gasteiger partial charge is 0.185 e. The van der Waals surface area contributed by atoms with E-state index in [-0.39, 0.29) is 0 Å². The lowest BCUT2D eigenvalue weighted by atomic mass is 10.2. The maximum Gasteiger partial charge on any atom is 0.185 e. The van der Waals surface area contributed by atoms with Crippen molar-refractivity contribution in [3.63, 3.8) is 0 Å². The zero-order chi connectivity index (χ0) is 11.5. The second-order valence-electron chi connectivity index (χ2n) is 4.28. The molecule has 0 bridgehead atoms. The van der Waals surface area contributed by atoms with E-state index in [0.29, 0.717) is 0 Å². The molecule has 0 radical (unpaired) electrons. The average molecular weight is 239 g/mol. The lowest BCUT2D eigenvalue weighted by molar-refractivity contribution is 0.810. The summed E-state index contributed by atoms with van der Waals surface area (Å²) >= 11 is 1.86. The number of rotatable bonds is 6. The molecule has 1 heterocycles. The number of nitrogens with zero attached hydrogens (tertiary/aromatic N) is 2. The van der Waals surface area contributed by atoms with E-state index in [0.717, 1.165) is 25.6 Å². The van der Waals surface area contributed by atoms with E-state index in [1.165, 1.54) is 28.5 Å². The van der Waals surface area contributed by atoms with Gasteiger partial charge in [0.1, 0.15) is 0 Å². The van der Waals surface area contributed by atoms with E-state index in [4.69, 9.17) is 4.98 Å². The van der Waals surface area contributed by atoms with Gasteiger partial charge >= 0.3 is 0 Å². The summed E-state index contributed by atoms with van der Waals surface area (Å²) < 4.78 is 0. The summed E-state index contributed by atoms with van der Waals surface area (Å²) in [5.74, 6) is 0.754. The first-order valence-electron chi connectivity index (χ1n) is 6.19. The fourth-order valence-corrected chi connectivity index (χ4v) is 3.23. The van der Waals surface area contributed by atoms with Crippen LogP contribution in [0.4, 0.5) is 5.13 Å². The SMILES string of the molecule is CCN(CC)c1nc(C2CC2)c(CNC)s1. The fourth-order valence-electron chi connectivity index (χ4n) is 1.94. The lowest BCUT2D eigenvalue weighted by Gasteiger charge is -2.16. The molecule has 1 aliphatic carbocycles. The number of thiazole rings is 1. The minimum Gasteiger partial charge on any atom is -0.349 e. The quantitative estimate of drug-likeness (QED) is 0.827. The van der Waals surface area contributed by atoms with Crippen LogP contribution in [0.15, 0.2) is 0 Å². The minimum atomic E-state index is 0.754. The van der Waals surface area contributed by atoms with Crippen LogP contribution in [0.2, 0.25) is 0 Å². The van der Waals surface area contributed by atoms with Crippen molar-refractivity contribution in [1.29, 1.82) is 0 Å². The lowest BCUT2D eigenvalue weighted by Crippen LogP contribution is -2.21. The summed E-state index contributed by atoms with van der Waals surface area (Å²) in [6.07, 6.45) is 2.66. The predicted octanol–water partition coefficient (Wildman–Crippen LogP) is 2.59. The summed E-state index contributed by atoms with van der Waals surface area (Å²) in [4.78, 5) is 8.62. The third kappa shape index (κ3) is 2.38. The van der Waals surface area contributed by atoms with Crippen molar-refractivity contribution in [2.45, 2.75) is 39.2 Å². The fraction of sp³-hybridized carbons (Fsp3) is 0.750. The van der Waals surface area contributed by atoms with Crippen molar-refractivity contribution < 1.29 is 0 Å². The normalized spacial score (nSPS) is 15.4. The van der Waals surface area contributed by atoms with Gasteiger partial charge in [-0.2, -0.15) is 0 Å². The van der Waals surface area contributed by atoms with Gasteiger partial charge in [-0.25, -0.2) is 4.98 Å². The zero-order valence-electron chi connectivity index (χ0n) is 10.4. The van der Waals surface area contributed by atoms with E-state index in [9.17, 15) is 0 Å². The molecule has 1 aromatic rings. The largest absolute Gasteiger partial charge is 0.349 e. The molecule has 0 aromatic carbocycles. The van der Waals surface area contributed by atoms with Crippen LogP contribution >= 0.6 is 11.3 Å². The molecule has 1 aromatic heterocycles. The Morgan fingerprint density at radius 3 is 2.56 bits per heavy atom. The van der Waals surface area contributed by atoms with Gasteiger partial charge in [-0.1, -0.05) is 0 Å². The van der Waals surface area contributed by atoms with E-state index in [2.05, 4.69) is 24.1 Å². The van der Waals surface area contributed by atoms with Crippen molar-refractivity contribution in [3.05, 3.63) is 10.6 Å². The number of nitrogens with one attached hydrogen (secondary N) is 1. The Morgan fingerprint density at radius 1 is 1.38 bits per heavy atom. The van der Waals surface area contributed by atoms with E-state index in [1.54, 1.807) is 0 Å². The maximum atomic E-state index is 4.84. The Bertz CT molecular complexity index is 340. The number of anilines is 1. The van der Waals surface area contributed by atoms with Crippen molar-refractivity contribution in [2.75, 3.05) is 25.0 Å². The van der Waals surface area contributed by atoms with Gasteiger partial charge in [0.15, 0.2) is 5.13 Å². The molecule has 0 aliphatic heterocycles. The molecule has 16 heavy (non-hydrogen) atoms. The second kappa shape index (κ2) is 5.15. The molecule has 2 rings (SSSR count). The predicted molar refractivity (Wildman–Crippen MR) is 70.4 cm³/mol. The zero-order valence-corrected chi connectivity index (χ0v) is 11.2. The molecule has 1 aliphatic rings. The highest BCUT2D eigenvalue weighted by Gasteiger charge is 2.29. The molecular weight excluding hydrogens is 218 g/mol. The van der Waals surface area contributed by atoms with Crippen molar-refractivity contribution >= 4 is 16.5 Å². The Balaban J connectivity index is 2.22. The Morgan fingerprint density at radius 2 is 2.06 bits per heavy atom. The van der Waals surface area contributed by atoms with Gasteiger partial charge in [0.25, 0.3) is 0 Å². The van der Waals surface area contributed by atoms with Crippen LogP contribution in [0.3, 0.4) is 0 Å². The van der Waals surface area contributed by atoms with Crippen molar-refractivity contribution in [1.82, 2.24) is 10.3 Å². The van der Waals surface area contributed by atoms with Gasteiger partial charge in [0.05, 0.1) is 5.69 Å². The standard InChI is InChI=1S/C12H21N3S/c1-4-15(5-2)12-14-11(9-6-7-9)10(16-12)8-13-3/h9,13H,4-8H2,1-3H3. The number of aromatic nitrogens is 1. The van der Waals surface area contributed by atoms with Crippen LogP contribution in [0.5, 0.6) is 0 Å². The summed E-state index contributed by atoms with van der Waals surface area (Å²) in [5.41, 5.74) is 1.36. The van der Waals surface area contributed by atoms with E-state index < -0.39 is 0 Å². The average Bonchev–Trinajstić information content (AvgIpc) is 3.05. The van der Waals surface area contributed by atoms with Crippen LogP contribution in [0.25, 0.3) is 0 Å². The van der Waals surface area contributed by atoms with Gasteiger partial charge in [-0.3, -0.25) is 0 Å². The van der Waals surface area contributed by atoms with Crippen LogP contribution in [0.1, 0.15) is 43.2 Å². The molecule has 1 N–H and O–H groups in total. The summed E-state index contributed by atoms with van der Waals surface area (Å²) in [6, 6.07) is 0. The van der Waals surface area contributed by atoms with Crippen LogP contribution in [0, 0.1) is 0 Å². The first-order chi connectivity index (χ1) is 7.80. The summed E-state index contributed by atoms with van der Waals surface area (Å²) in [7, 11) is 2.01. The molecule has 0 saturated heterocycles. The van der Waals surface area contributed by atoms with Gasteiger partial charge in [0, 0.05) is 30.4 Å². The highest BCUT2D eigenvalue weighted by Crippen LogP contribution is 2.44. The van der Waals surface area contributed by atoms with Crippen LogP contribution < -0.4 is 10.2 Å². The third-order valence-corrected chi connectivity index (χ3v) is 4.18.